The molecule has 1 aromatic carbocycles. The first-order valence-corrected chi connectivity index (χ1v) is 5.60. The van der Waals surface area contributed by atoms with Crippen LogP contribution in [-0.4, -0.2) is 33.7 Å². The molecule has 2 aromatic rings. The van der Waals surface area contributed by atoms with Gasteiger partial charge in [-0.3, -0.25) is 14.7 Å². The number of hydrogen-bond acceptors (Lipinski definition) is 3. The van der Waals surface area contributed by atoms with Crippen LogP contribution in [0.5, 0.6) is 0 Å². The third-order valence-corrected chi connectivity index (χ3v) is 2.57. The molecule has 1 aromatic heterocycles. The summed E-state index contributed by atoms with van der Waals surface area (Å²) in [7, 11) is 0. The fourth-order valence-corrected chi connectivity index (χ4v) is 1.69. The molecule has 1 amide bonds. The first kappa shape index (κ1) is 12.1. The van der Waals surface area contributed by atoms with Crippen molar-refractivity contribution in [3.8, 4) is 0 Å². The number of carboxylic acid groups (broad SMARTS) is 1. The van der Waals surface area contributed by atoms with Crippen molar-refractivity contribution in [2.24, 2.45) is 0 Å². The van der Waals surface area contributed by atoms with Gasteiger partial charge < -0.3 is 10.4 Å². The van der Waals surface area contributed by atoms with E-state index in [4.69, 9.17) is 5.11 Å². The number of rotatable bonds is 5. The Hall–Kier alpha value is -2.37. The van der Waals surface area contributed by atoms with Crippen LogP contribution in [-0.2, 0) is 4.79 Å². The zero-order valence-corrected chi connectivity index (χ0v) is 9.64. The largest absolute Gasteiger partial charge is 0.481 e. The second-order valence-electron chi connectivity index (χ2n) is 3.89. The second kappa shape index (κ2) is 5.31. The molecule has 6 heteroatoms. The normalized spacial score (nSPS) is 10.4. The highest BCUT2D eigenvalue weighted by atomic mass is 16.4. The Morgan fingerprint density at radius 2 is 2.22 bits per heavy atom. The first-order valence-electron chi connectivity index (χ1n) is 5.60. The molecule has 0 aliphatic rings. The third kappa shape index (κ3) is 2.65. The predicted molar refractivity (Wildman–Crippen MR) is 65.3 cm³/mol. The maximum atomic E-state index is 11.9. The number of fused-ring (bicyclic) bond motifs is 1. The van der Waals surface area contributed by atoms with Crippen molar-refractivity contribution in [1.29, 1.82) is 0 Å². The molecular formula is C12H13N3O3. The lowest BCUT2D eigenvalue weighted by Crippen LogP contribution is -2.25. The van der Waals surface area contributed by atoms with Crippen molar-refractivity contribution in [1.82, 2.24) is 15.5 Å². The second-order valence-corrected chi connectivity index (χ2v) is 3.89. The Bertz CT molecular complexity index is 577. The lowest BCUT2D eigenvalue weighted by atomic mass is 10.1. The minimum atomic E-state index is -0.861. The molecule has 0 aliphatic carbocycles. The lowest BCUT2D eigenvalue weighted by Gasteiger charge is -2.04. The number of H-pyrrole nitrogens is 1. The van der Waals surface area contributed by atoms with Gasteiger partial charge in [0.15, 0.2) is 0 Å². The fraction of sp³-hybridized carbons (Fsp3) is 0.250. The summed E-state index contributed by atoms with van der Waals surface area (Å²) in [4.78, 5) is 22.2. The monoisotopic (exact) mass is 247 g/mol. The van der Waals surface area contributed by atoms with Crippen molar-refractivity contribution in [2.45, 2.75) is 12.8 Å². The molecule has 0 aliphatic heterocycles. The van der Waals surface area contributed by atoms with Gasteiger partial charge in [-0.15, -0.1) is 0 Å². The topological polar surface area (TPSA) is 95.1 Å². The number of carboxylic acids is 1. The molecule has 1 heterocycles. The van der Waals surface area contributed by atoms with Crippen LogP contribution < -0.4 is 5.32 Å². The molecule has 0 saturated heterocycles. The number of hydrogen-bond donors (Lipinski definition) is 3. The summed E-state index contributed by atoms with van der Waals surface area (Å²) in [5.41, 5.74) is 1.20. The van der Waals surface area contributed by atoms with E-state index >= 15 is 0 Å². The van der Waals surface area contributed by atoms with Gasteiger partial charge in [0.05, 0.1) is 17.3 Å². The van der Waals surface area contributed by atoms with Crippen LogP contribution in [0.3, 0.4) is 0 Å². The average molecular weight is 247 g/mol. The minimum Gasteiger partial charge on any atom is -0.481 e. The summed E-state index contributed by atoms with van der Waals surface area (Å²) in [6.45, 7) is 0.343. The Labute approximate surface area is 103 Å². The van der Waals surface area contributed by atoms with Gasteiger partial charge in [0.2, 0.25) is 0 Å². The summed E-state index contributed by atoms with van der Waals surface area (Å²) in [5.74, 6) is -1.09. The Morgan fingerprint density at radius 3 is 3.00 bits per heavy atom. The van der Waals surface area contributed by atoms with Crippen molar-refractivity contribution < 1.29 is 14.7 Å². The zero-order valence-electron chi connectivity index (χ0n) is 9.64. The van der Waals surface area contributed by atoms with Gasteiger partial charge in [-0.1, -0.05) is 12.1 Å². The summed E-state index contributed by atoms with van der Waals surface area (Å²) < 4.78 is 0. The molecule has 18 heavy (non-hydrogen) atoms. The van der Waals surface area contributed by atoms with Gasteiger partial charge in [-0.2, -0.15) is 5.10 Å². The molecule has 0 atom stereocenters. The maximum Gasteiger partial charge on any atom is 0.303 e. The van der Waals surface area contributed by atoms with Crippen LogP contribution in [0.1, 0.15) is 23.2 Å². The average Bonchev–Trinajstić information content (AvgIpc) is 2.82. The predicted octanol–water partition coefficient (Wildman–Crippen LogP) is 1.16. The molecule has 0 radical (unpaired) electrons. The number of aromatic amines is 1. The lowest BCUT2D eigenvalue weighted by molar-refractivity contribution is -0.137. The van der Waals surface area contributed by atoms with Crippen molar-refractivity contribution in [3.05, 3.63) is 30.0 Å². The van der Waals surface area contributed by atoms with Gasteiger partial charge in [0, 0.05) is 18.4 Å². The molecular weight excluding hydrogens is 234 g/mol. The van der Waals surface area contributed by atoms with Crippen molar-refractivity contribution in [2.75, 3.05) is 6.54 Å². The van der Waals surface area contributed by atoms with Gasteiger partial charge in [-0.25, -0.2) is 0 Å². The van der Waals surface area contributed by atoms with E-state index in [-0.39, 0.29) is 12.3 Å². The molecule has 0 saturated carbocycles. The number of para-hydroxylation sites is 1. The van der Waals surface area contributed by atoms with Crippen LogP contribution in [0, 0.1) is 0 Å². The number of benzene rings is 1. The van der Waals surface area contributed by atoms with Gasteiger partial charge >= 0.3 is 5.97 Å². The fourth-order valence-electron chi connectivity index (χ4n) is 1.69. The zero-order chi connectivity index (χ0) is 13.0. The standard InChI is InChI=1S/C12H13N3O3/c16-10(17)5-2-6-13-12(18)9-4-1-3-8-7-14-15-11(8)9/h1,3-4,7H,2,5-6H2,(H,13,18)(H,14,15)(H,16,17). The molecule has 0 unspecified atom stereocenters. The van der Waals surface area contributed by atoms with E-state index in [0.717, 1.165) is 5.39 Å². The summed E-state index contributed by atoms with van der Waals surface area (Å²) >= 11 is 0. The minimum absolute atomic E-state index is 0.0501. The molecule has 2 rings (SSSR count). The van der Waals surface area contributed by atoms with Crippen LogP contribution in [0.4, 0.5) is 0 Å². The summed E-state index contributed by atoms with van der Waals surface area (Å²) in [6.07, 6.45) is 2.12. The van der Waals surface area contributed by atoms with E-state index in [9.17, 15) is 9.59 Å². The van der Waals surface area contributed by atoms with Crippen molar-refractivity contribution in [3.63, 3.8) is 0 Å². The highest BCUT2D eigenvalue weighted by Crippen LogP contribution is 2.15. The molecule has 0 fully saturated rings. The SMILES string of the molecule is O=C(O)CCCNC(=O)c1cccc2cn[nH]c12. The summed E-state index contributed by atoms with van der Waals surface area (Å²) in [6, 6.07) is 5.34. The van der Waals surface area contributed by atoms with E-state index in [0.29, 0.717) is 24.0 Å². The molecule has 0 spiro atoms. The van der Waals surface area contributed by atoms with Crippen LogP contribution in [0.15, 0.2) is 24.4 Å². The number of carbonyl (C=O) groups is 2. The smallest absolute Gasteiger partial charge is 0.303 e. The van der Waals surface area contributed by atoms with Gasteiger partial charge in [-0.05, 0) is 12.5 Å². The van der Waals surface area contributed by atoms with Crippen LogP contribution >= 0.6 is 0 Å². The van der Waals surface area contributed by atoms with E-state index < -0.39 is 5.97 Å². The number of amides is 1. The first-order chi connectivity index (χ1) is 8.68. The number of nitrogens with one attached hydrogen (secondary N) is 2. The van der Waals surface area contributed by atoms with Gasteiger partial charge in [0.25, 0.3) is 5.91 Å². The number of aliphatic carboxylic acids is 1. The molecule has 3 N–H and O–H groups in total. The Kier molecular flexibility index (Phi) is 3.57. The number of nitrogens with zero attached hydrogens (tertiary/aromatic N) is 1. The van der Waals surface area contributed by atoms with E-state index in [1.54, 1.807) is 18.3 Å². The van der Waals surface area contributed by atoms with E-state index in [1.165, 1.54) is 0 Å². The highest BCUT2D eigenvalue weighted by Gasteiger charge is 2.10. The summed E-state index contributed by atoms with van der Waals surface area (Å²) in [5, 5.41) is 18.7. The van der Waals surface area contributed by atoms with Gasteiger partial charge in [0.1, 0.15) is 0 Å². The molecule has 0 bridgehead atoms. The molecule has 6 nitrogen and oxygen atoms in total. The van der Waals surface area contributed by atoms with Crippen molar-refractivity contribution >= 4 is 22.8 Å². The van der Waals surface area contributed by atoms with Crippen LogP contribution in [0.25, 0.3) is 10.9 Å². The maximum absolute atomic E-state index is 11.9. The highest BCUT2D eigenvalue weighted by molar-refractivity contribution is 6.05. The number of aromatic nitrogens is 2. The van der Waals surface area contributed by atoms with E-state index in [2.05, 4.69) is 15.5 Å². The van der Waals surface area contributed by atoms with E-state index in [1.807, 2.05) is 6.07 Å². The third-order valence-electron chi connectivity index (χ3n) is 2.57. The molecule has 94 valence electrons. The quantitative estimate of drug-likeness (QED) is 0.691. The van der Waals surface area contributed by atoms with Crippen LogP contribution in [0.2, 0.25) is 0 Å². The Balaban J connectivity index is 2.00. The number of carbonyl (C=O) groups excluding carboxylic acids is 1. The Morgan fingerprint density at radius 1 is 1.39 bits per heavy atom.